The van der Waals surface area contributed by atoms with Crippen LogP contribution < -0.4 is 14.8 Å². The van der Waals surface area contributed by atoms with Gasteiger partial charge in [-0.2, -0.15) is 0 Å². The van der Waals surface area contributed by atoms with Crippen molar-refractivity contribution >= 4 is 0 Å². The van der Waals surface area contributed by atoms with Crippen molar-refractivity contribution in [3.63, 3.8) is 0 Å². The van der Waals surface area contributed by atoms with Crippen molar-refractivity contribution in [3.05, 3.63) is 42.0 Å². The molecule has 0 bridgehead atoms. The van der Waals surface area contributed by atoms with Crippen LogP contribution in [0.15, 0.2) is 30.6 Å². The molecule has 0 radical (unpaired) electrons. The Morgan fingerprint density at radius 1 is 1.23 bits per heavy atom. The molecule has 2 unspecified atom stereocenters. The van der Waals surface area contributed by atoms with Gasteiger partial charge < -0.3 is 18.8 Å². The monoisotopic (exact) mass is 357 g/mol. The number of imidazole rings is 1. The molecule has 26 heavy (non-hydrogen) atoms. The fourth-order valence-electron chi connectivity index (χ4n) is 4.08. The van der Waals surface area contributed by atoms with Crippen LogP contribution in [0.2, 0.25) is 0 Å². The van der Waals surface area contributed by atoms with Gasteiger partial charge in [0, 0.05) is 31.5 Å². The van der Waals surface area contributed by atoms with Gasteiger partial charge in [-0.1, -0.05) is 0 Å². The Bertz CT molecular complexity index is 747. The number of aromatic nitrogens is 2. The molecule has 6 nitrogen and oxygen atoms in total. The summed E-state index contributed by atoms with van der Waals surface area (Å²) in [6.45, 7) is 0.752. The maximum atomic E-state index is 6.12. The first-order valence-electron chi connectivity index (χ1n) is 9.23. The first kappa shape index (κ1) is 17.4. The number of nitrogens with one attached hydrogen (secondary N) is 1. The Morgan fingerprint density at radius 3 is 2.46 bits per heavy atom. The van der Waals surface area contributed by atoms with Crippen LogP contribution in [0.5, 0.6) is 11.5 Å². The van der Waals surface area contributed by atoms with Gasteiger partial charge in [0.05, 0.1) is 32.5 Å². The summed E-state index contributed by atoms with van der Waals surface area (Å²) < 4.78 is 19.1. The summed E-state index contributed by atoms with van der Waals surface area (Å²) in [5.41, 5.74) is 1.20. The quantitative estimate of drug-likeness (QED) is 0.861. The van der Waals surface area contributed by atoms with E-state index in [1.54, 1.807) is 14.2 Å². The van der Waals surface area contributed by atoms with Crippen molar-refractivity contribution < 1.29 is 14.2 Å². The van der Waals surface area contributed by atoms with Crippen LogP contribution in [-0.4, -0.2) is 42.0 Å². The zero-order valence-corrected chi connectivity index (χ0v) is 15.7. The van der Waals surface area contributed by atoms with E-state index in [0.717, 1.165) is 35.9 Å². The average Bonchev–Trinajstić information content (AvgIpc) is 3.25. The third-order valence-electron chi connectivity index (χ3n) is 5.70. The molecular formula is C20H27N3O3. The molecule has 2 heterocycles. The number of ether oxygens (including phenoxy) is 3. The third-order valence-corrected chi connectivity index (χ3v) is 5.70. The molecule has 1 spiro atoms. The van der Waals surface area contributed by atoms with Crippen LogP contribution in [-0.2, 0) is 11.8 Å². The first-order chi connectivity index (χ1) is 12.6. The number of nitrogens with zero attached hydrogens (tertiary/aromatic N) is 2. The van der Waals surface area contributed by atoms with Gasteiger partial charge in [0.25, 0.3) is 0 Å². The van der Waals surface area contributed by atoms with Crippen molar-refractivity contribution in [1.82, 2.24) is 14.9 Å². The number of rotatable bonds is 6. The third kappa shape index (κ3) is 3.19. The lowest BCUT2D eigenvalue weighted by Crippen LogP contribution is -2.39. The fraction of sp³-hybridized carbons (Fsp3) is 0.550. The number of benzene rings is 1. The Morgan fingerprint density at radius 2 is 1.96 bits per heavy atom. The number of methoxy groups -OCH3 is 2. The minimum atomic E-state index is -0.0529. The van der Waals surface area contributed by atoms with E-state index in [-0.39, 0.29) is 11.6 Å². The van der Waals surface area contributed by atoms with E-state index < -0.39 is 0 Å². The molecule has 4 rings (SSSR count). The second-order valence-corrected chi connectivity index (χ2v) is 7.39. The summed E-state index contributed by atoms with van der Waals surface area (Å²) in [5.74, 6) is 2.52. The zero-order chi connectivity index (χ0) is 18.1. The summed E-state index contributed by atoms with van der Waals surface area (Å²) in [6, 6.07) is 6.24. The van der Waals surface area contributed by atoms with Gasteiger partial charge >= 0.3 is 0 Å². The van der Waals surface area contributed by atoms with Gasteiger partial charge in [-0.05, 0) is 43.4 Å². The largest absolute Gasteiger partial charge is 0.497 e. The van der Waals surface area contributed by atoms with E-state index in [1.807, 2.05) is 37.6 Å². The highest BCUT2D eigenvalue weighted by atomic mass is 16.5. The molecule has 2 aliphatic rings. The lowest BCUT2D eigenvalue weighted by molar-refractivity contribution is -0.0563. The Hall–Kier alpha value is -2.05. The molecule has 1 N–H and O–H groups in total. The minimum absolute atomic E-state index is 0.0529. The van der Waals surface area contributed by atoms with Gasteiger partial charge in [0.2, 0.25) is 0 Å². The summed E-state index contributed by atoms with van der Waals surface area (Å²) in [4.78, 5) is 4.59. The Kier molecular flexibility index (Phi) is 4.63. The van der Waals surface area contributed by atoms with E-state index in [0.29, 0.717) is 6.04 Å². The predicted octanol–water partition coefficient (Wildman–Crippen LogP) is 2.83. The lowest BCUT2D eigenvalue weighted by atomic mass is 9.77. The summed E-state index contributed by atoms with van der Waals surface area (Å²) in [5, 5.41) is 3.78. The molecule has 1 aliphatic carbocycles. The molecule has 1 saturated carbocycles. The van der Waals surface area contributed by atoms with Gasteiger partial charge in [0.1, 0.15) is 17.3 Å². The highest BCUT2D eigenvalue weighted by molar-refractivity contribution is 5.41. The molecule has 1 aromatic carbocycles. The van der Waals surface area contributed by atoms with Crippen LogP contribution in [0.25, 0.3) is 0 Å². The fourth-order valence-corrected chi connectivity index (χ4v) is 4.08. The Labute approximate surface area is 154 Å². The molecular weight excluding hydrogens is 330 g/mol. The molecule has 1 aromatic heterocycles. The highest BCUT2D eigenvalue weighted by Gasteiger charge is 2.45. The van der Waals surface area contributed by atoms with Crippen LogP contribution in [0.4, 0.5) is 0 Å². The topological polar surface area (TPSA) is 57.5 Å². The number of aryl methyl sites for hydroxylation is 1. The smallest absolute Gasteiger partial charge is 0.130 e. The summed E-state index contributed by atoms with van der Waals surface area (Å²) in [6.07, 6.45) is 8.52. The molecule has 2 atom stereocenters. The minimum Gasteiger partial charge on any atom is -0.497 e. The molecule has 2 fully saturated rings. The molecule has 1 saturated heterocycles. The van der Waals surface area contributed by atoms with Crippen LogP contribution in [0.1, 0.15) is 43.1 Å². The molecule has 140 valence electrons. The first-order valence-corrected chi connectivity index (χ1v) is 9.23. The van der Waals surface area contributed by atoms with Crippen molar-refractivity contribution in [2.75, 3.05) is 20.8 Å². The average molecular weight is 357 g/mol. The van der Waals surface area contributed by atoms with Gasteiger partial charge in [-0.15, -0.1) is 0 Å². The molecule has 0 amide bonds. The second kappa shape index (κ2) is 6.93. The Balaban J connectivity index is 1.64. The lowest BCUT2D eigenvalue weighted by Gasteiger charge is -2.37. The molecule has 1 aliphatic heterocycles. The molecule has 6 heteroatoms. The second-order valence-electron chi connectivity index (χ2n) is 7.39. The van der Waals surface area contributed by atoms with Crippen molar-refractivity contribution in [2.24, 2.45) is 7.05 Å². The highest BCUT2D eigenvalue weighted by Crippen LogP contribution is 2.44. The van der Waals surface area contributed by atoms with E-state index in [9.17, 15) is 0 Å². The van der Waals surface area contributed by atoms with Crippen molar-refractivity contribution in [1.29, 1.82) is 0 Å². The van der Waals surface area contributed by atoms with Crippen LogP contribution in [0, 0.1) is 0 Å². The van der Waals surface area contributed by atoms with Gasteiger partial charge in [-0.3, -0.25) is 5.32 Å². The van der Waals surface area contributed by atoms with Crippen LogP contribution >= 0.6 is 0 Å². The molecule has 2 aromatic rings. The van der Waals surface area contributed by atoms with Crippen molar-refractivity contribution in [3.8, 4) is 11.5 Å². The van der Waals surface area contributed by atoms with E-state index >= 15 is 0 Å². The van der Waals surface area contributed by atoms with Crippen molar-refractivity contribution in [2.45, 2.75) is 43.4 Å². The number of hydrogen-bond donors (Lipinski definition) is 1. The van der Waals surface area contributed by atoms with E-state index in [1.165, 1.54) is 19.3 Å². The van der Waals surface area contributed by atoms with Gasteiger partial charge in [0.15, 0.2) is 0 Å². The number of hydrogen-bond acceptors (Lipinski definition) is 5. The predicted molar refractivity (Wildman–Crippen MR) is 98.7 cm³/mol. The summed E-state index contributed by atoms with van der Waals surface area (Å²) in [7, 11) is 5.37. The zero-order valence-electron chi connectivity index (χ0n) is 15.7. The van der Waals surface area contributed by atoms with E-state index in [2.05, 4.69) is 14.9 Å². The summed E-state index contributed by atoms with van der Waals surface area (Å²) >= 11 is 0. The van der Waals surface area contributed by atoms with E-state index in [4.69, 9.17) is 14.2 Å². The maximum Gasteiger partial charge on any atom is 0.130 e. The van der Waals surface area contributed by atoms with Crippen LogP contribution in [0.3, 0.4) is 0 Å². The maximum absolute atomic E-state index is 6.12. The van der Waals surface area contributed by atoms with Gasteiger partial charge in [-0.25, -0.2) is 4.98 Å². The standard InChI is InChI=1S/C20H27N3O3/c1-23-8-7-21-19(23)18(14-9-16(24-2)11-17(10-14)25-3)22-15-12-20(26-13-15)5-4-6-20/h7-11,15,18,22H,4-6,12-13H2,1-3H3. The SMILES string of the molecule is COc1cc(OC)cc(C(NC2COC3(CCC3)C2)c2nccn2C)c1. The normalized spacial score (nSPS) is 22.2.